The highest BCUT2D eigenvalue weighted by Gasteiger charge is 2.37. The van der Waals surface area contributed by atoms with E-state index in [0.29, 0.717) is 19.1 Å². The maximum atomic E-state index is 10.2. The smallest absolute Gasteiger partial charge is 0.121 e. The lowest BCUT2D eigenvalue weighted by atomic mass is 10.2. The number of nitrogens with zero attached hydrogens (tertiary/aromatic N) is 2. The molecule has 2 aliphatic rings. The second-order valence-corrected chi connectivity index (χ2v) is 15.5. The summed E-state index contributed by atoms with van der Waals surface area (Å²) >= 11 is 0. The van der Waals surface area contributed by atoms with E-state index in [0.717, 1.165) is 19.5 Å². The molecule has 0 spiro atoms. The normalized spacial score (nSPS) is 27.6. The summed E-state index contributed by atoms with van der Waals surface area (Å²) in [6.45, 7) is 17.5. The van der Waals surface area contributed by atoms with Crippen molar-refractivity contribution >= 4 is 14.4 Å². The molecule has 0 unspecified atom stereocenters. The number of carbonyl (C=O) groups excluding carboxylic acids is 1. The van der Waals surface area contributed by atoms with E-state index in [1.807, 2.05) is 27.2 Å². The molecule has 2 heterocycles. The average Bonchev–Trinajstić information content (AvgIpc) is 2.98. The third-order valence-electron chi connectivity index (χ3n) is 5.72. The van der Waals surface area contributed by atoms with Gasteiger partial charge in [0.1, 0.15) is 17.7 Å². The van der Waals surface area contributed by atoms with Crippen LogP contribution < -0.4 is 0 Å². The van der Waals surface area contributed by atoms with E-state index in [9.17, 15) is 4.79 Å². The minimum absolute atomic E-state index is 0.159. The van der Waals surface area contributed by atoms with Crippen LogP contribution >= 0.6 is 0 Å². The largest absolute Gasteiger partial charge is 0.502 e. The molecule has 2 fully saturated rings. The first kappa shape index (κ1) is 25.3. The van der Waals surface area contributed by atoms with Gasteiger partial charge in [0.05, 0.1) is 32.1 Å². The standard InChI is InChI=1S/C13H27NO2Si.C8H15NO2/c1-13(2)14(3)12(11-16-13)7-8-15-9-10-17(4,5)6;1-8(2)9(3)7(4-5-10)6-11-8/h7-8,12H,9-11H2,1-6H3;5,7H,4,6H2,1-3H3/t12-;7-/m11/s1. The molecule has 2 saturated heterocycles. The van der Waals surface area contributed by atoms with Crippen LogP contribution in [-0.2, 0) is 19.0 Å². The predicted octanol–water partition coefficient (Wildman–Crippen LogP) is 3.56. The Labute approximate surface area is 173 Å². The lowest BCUT2D eigenvalue weighted by Crippen LogP contribution is -2.40. The summed E-state index contributed by atoms with van der Waals surface area (Å²) in [6, 6.07) is 1.80. The summed E-state index contributed by atoms with van der Waals surface area (Å²) in [5.41, 5.74) is -0.360. The Hall–Kier alpha value is -0.733. The number of carbonyl (C=O) groups is 1. The molecule has 6 nitrogen and oxygen atoms in total. The first-order chi connectivity index (χ1) is 12.8. The van der Waals surface area contributed by atoms with Crippen LogP contribution in [0.4, 0.5) is 0 Å². The monoisotopic (exact) mass is 414 g/mol. The molecular formula is C21H42N2O4Si. The van der Waals surface area contributed by atoms with Crippen molar-refractivity contribution in [3.63, 3.8) is 0 Å². The maximum absolute atomic E-state index is 10.2. The molecule has 0 radical (unpaired) electrons. The Balaban J connectivity index is 0.000000307. The van der Waals surface area contributed by atoms with Gasteiger partial charge in [0, 0.05) is 20.5 Å². The molecule has 0 aromatic carbocycles. The zero-order valence-corrected chi connectivity index (χ0v) is 20.4. The van der Waals surface area contributed by atoms with Gasteiger partial charge in [-0.3, -0.25) is 9.80 Å². The van der Waals surface area contributed by atoms with Gasteiger partial charge in [-0.1, -0.05) is 19.6 Å². The van der Waals surface area contributed by atoms with Crippen LogP contribution in [0.1, 0.15) is 34.1 Å². The average molecular weight is 415 g/mol. The van der Waals surface area contributed by atoms with Gasteiger partial charge in [-0.2, -0.15) is 0 Å². The van der Waals surface area contributed by atoms with E-state index in [1.165, 1.54) is 6.04 Å². The van der Waals surface area contributed by atoms with E-state index in [-0.39, 0.29) is 17.5 Å². The van der Waals surface area contributed by atoms with Crippen molar-refractivity contribution in [2.75, 3.05) is 33.9 Å². The molecule has 0 aliphatic carbocycles. The fourth-order valence-electron chi connectivity index (χ4n) is 2.96. The number of ether oxygens (including phenoxy) is 3. The number of rotatable bonds is 7. The van der Waals surface area contributed by atoms with Crippen molar-refractivity contribution in [3.8, 4) is 0 Å². The summed E-state index contributed by atoms with van der Waals surface area (Å²) in [7, 11) is 3.11. The van der Waals surface area contributed by atoms with Gasteiger partial charge >= 0.3 is 0 Å². The molecule has 0 bridgehead atoms. The zero-order valence-electron chi connectivity index (χ0n) is 19.4. The SMILES string of the molecule is CN1[C@H](C=COCC[Si](C)(C)C)COC1(C)C.CN1[C@H](CC=O)COC1(C)C. The number of hydrogen-bond donors (Lipinski definition) is 0. The van der Waals surface area contributed by atoms with Gasteiger partial charge in [0.15, 0.2) is 0 Å². The van der Waals surface area contributed by atoms with E-state index in [4.69, 9.17) is 14.2 Å². The highest BCUT2D eigenvalue weighted by atomic mass is 28.3. The quantitative estimate of drug-likeness (QED) is 0.275. The minimum atomic E-state index is -0.969. The fraction of sp³-hybridized carbons (Fsp3) is 0.857. The van der Waals surface area contributed by atoms with Crippen LogP contribution in [0.3, 0.4) is 0 Å². The highest BCUT2D eigenvalue weighted by molar-refractivity contribution is 6.76. The van der Waals surface area contributed by atoms with Crippen molar-refractivity contribution in [2.24, 2.45) is 0 Å². The van der Waals surface area contributed by atoms with E-state index in [1.54, 1.807) is 0 Å². The molecular weight excluding hydrogens is 372 g/mol. The van der Waals surface area contributed by atoms with Crippen LogP contribution in [0, 0.1) is 0 Å². The van der Waals surface area contributed by atoms with Crippen molar-refractivity contribution in [2.45, 2.75) is 83.3 Å². The first-order valence-electron chi connectivity index (χ1n) is 10.3. The lowest BCUT2D eigenvalue weighted by molar-refractivity contribution is -0.108. The molecule has 164 valence electrons. The second kappa shape index (κ2) is 10.3. The van der Waals surface area contributed by atoms with E-state index in [2.05, 4.69) is 56.4 Å². The van der Waals surface area contributed by atoms with Gasteiger partial charge in [0.25, 0.3) is 0 Å². The summed E-state index contributed by atoms with van der Waals surface area (Å²) in [4.78, 5) is 14.6. The van der Waals surface area contributed by atoms with Gasteiger partial charge in [0.2, 0.25) is 0 Å². The van der Waals surface area contributed by atoms with Gasteiger partial charge in [-0.05, 0) is 53.9 Å². The Bertz CT molecular complexity index is 517. The Morgan fingerprint density at radius 2 is 1.61 bits per heavy atom. The van der Waals surface area contributed by atoms with Crippen molar-refractivity contribution in [3.05, 3.63) is 12.3 Å². The zero-order chi connectivity index (χ0) is 21.6. The molecule has 0 N–H and O–H groups in total. The molecule has 0 saturated carbocycles. The highest BCUT2D eigenvalue weighted by Crippen LogP contribution is 2.26. The first-order valence-corrected chi connectivity index (χ1v) is 14.0. The third kappa shape index (κ3) is 7.95. The van der Waals surface area contributed by atoms with Crippen LogP contribution in [0.25, 0.3) is 0 Å². The van der Waals surface area contributed by atoms with Crippen molar-refractivity contribution in [1.82, 2.24) is 9.80 Å². The topological polar surface area (TPSA) is 51.2 Å². The van der Waals surface area contributed by atoms with Gasteiger partial charge in [-0.15, -0.1) is 0 Å². The van der Waals surface area contributed by atoms with Crippen LogP contribution in [-0.4, -0.2) is 81.6 Å². The van der Waals surface area contributed by atoms with Crippen LogP contribution in [0.5, 0.6) is 0 Å². The van der Waals surface area contributed by atoms with E-state index >= 15 is 0 Å². The Morgan fingerprint density at radius 3 is 2.04 bits per heavy atom. The molecule has 0 aromatic rings. The Kier molecular flexibility index (Phi) is 9.35. The number of hydrogen-bond acceptors (Lipinski definition) is 6. The predicted molar refractivity (Wildman–Crippen MR) is 117 cm³/mol. The Morgan fingerprint density at radius 1 is 1.04 bits per heavy atom. The summed E-state index contributed by atoms with van der Waals surface area (Å²) in [5.74, 6) is 0. The summed E-state index contributed by atoms with van der Waals surface area (Å²) < 4.78 is 16.7. The molecule has 0 amide bonds. The van der Waals surface area contributed by atoms with Crippen LogP contribution in [0.2, 0.25) is 25.7 Å². The third-order valence-corrected chi connectivity index (χ3v) is 7.42. The number of likely N-dealkylation sites (N-methyl/N-ethyl adjacent to an activating group) is 2. The molecule has 28 heavy (non-hydrogen) atoms. The second-order valence-electron chi connectivity index (χ2n) is 9.87. The molecule has 7 heteroatoms. The summed E-state index contributed by atoms with van der Waals surface area (Å²) in [6.07, 6.45) is 5.46. The minimum Gasteiger partial charge on any atom is -0.502 e. The number of aldehydes is 1. The van der Waals surface area contributed by atoms with Crippen LogP contribution in [0.15, 0.2) is 12.3 Å². The molecule has 0 aromatic heterocycles. The molecule has 2 aliphatic heterocycles. The van der Waals surface area contributed by atoms with Crippen molar-refractivity contribution in [1.29, 1.82) is 0 Å². The maximum Gasteiger partial charge on any atom is 0.121 e. The fourth-order valence-corrected chi connectivity index (χ4v) is 3.69. The summed E-state index contributed by atoms with van der Waals surface area (Å²) in [5, 5.41) is 0. The van der Waals surface area contributed by atoms with Gasteiger partial charge < -0.3 is 19.0 Å². The van der Waals surface area contributed by atoms with Gasteiger partial charge in [-0.25, -0.2) is 0 Å². The lowest BCUT2D eigenvalue weighted by Gasteiger charge is -2.28. The molecule has 2 atom stereocenters. The molecule has 2 rings (SSSR count). The van der Waals surface area contributed by atoms with E-state index < -0.39 is 8.07 Å². The van der Waals surface area contributed by atoms with Crippen molar-refractivity contribution < 1.29 is 19.0 Å².